The van der Waals surface area contributed by atoms with Crippen molar-refractivity contribution in [3.8, 4) is 0 Å². The van der Waals surface area contributed by atoms with E-state index in [1.807, 2.05) is 13.8 Å². The largest absolute Gasteiger partial charge is 0.465 e. The summed E-state index contributed by atoms with van der Waals surface area (Å²) in [7, 11) is 1.31. The molecular weight excluding hydrogens is 415 g/mol. The lowest BCUT2D eigenvalue weighted by Crippen LogP contribution is -2.49. The molecule has 0 aromatic heterocycles. The van der Waals surface area contributed by atoms with Crippen molar-refractivity contribution < 1.29 is 19.1 Å². The molecule has 29 heavy (non-hydrogen) atoms. The van der Waals surface area contributed by atoms with Gasteiger partial charge in [-0.2, -0.15) is 0 Å². The van der Waals surface area contributed by atoms with Crippen molar-refractivity contribution in [2.45, 2.75) is 26.4 Å². The zero-order valence-corrected chi connectivity index (χ0v) is 17.8. The van der Waals surface area contributed by atoms with E-state index in [1.54, 1.807) is 30.3 Å². The standard InChI is InChI=1S/C21H22Cl2N2O4/c1-12(2)18(25-19(26)16-9-8-15(22)10-17(16)23)20(27)24-11-13-4-6-14(7-5-13)21(28)29-3/h4-10,12,18H,11H2,1-3H3,(H,24,27)(H,25,26)/t18-/m0/s1. The van der Waals surface area contributed by atoms with Crippen LogP contribution >= 0.6 is 23.2 Å². The topological polar surface area (TPSA) is 84.5 Å². The molecule has 154 valence electrons. The van der Waals surface area contributed by atoms with Crippen LogP contribution in [0.2, 0.25) is 10.0 Å². The van der Waals surface area contributed by atoms with Gasteiger partial charge in [-0.1, -0.05) is 49.2 Å². The van der Waals surface area contributed by atoms with E-state index < -0.39 is 17.9 Å². The first-order valence-corrected chi connectivity index (χ1v) is 9.69. The molecule has 0 spiro atoms. The second-order valence-electron chi connectivity index (χ2n) is 6.73. The maximum Gasteiger partial charge on any atom is 0.337 e. The summed E-state index contributed by atoms with van der Waals surface area (Å²) in [5.74, 6) is -1.35. The fourth-order valence-electron chi connectivity index (χ4n) is 2.60. The van der Waals surface area contributed by atoms with Crippen LogP contribution in [-0.4, -0.2) is 30.9 Å². The Kier molecular flexibility index (Phi) is 8.05. The van der Waals surface area contributed by atoms with Crippen LogP contribution in [0.15, 0.2) is 42.5 Å². The predicted octanol–water partition coefficient (Wildman–Crippen LogP) is 3.85. The monoisotopic (exact) mass is 436 g/mol. The molecule has 0 fully saturated rings. The van der Waals surface area contributed by atoms with E-state index in [0.717, 1.165) is 5.56 Å². The summed E-state index contributed by atoms with van der Waals surface area (Å²) in [6, 6.07) is 10.5. The summed E-state index contributed by atoms with van der Waals surface area (Å²) in [6.45, 7) is 3.92. The van der Waals surface area contributed by atoms with Crippen LogP contribution in [0.25, 0.3) is 0 Å². The number of amides is 2. The zero-order valence-electron chi connectivity index (χ0n) is 16.3. The average molecular weight is 437 g/mol. The van der Waals surface area contributed by atoms with Gasteiger partial charge in [0.1, 0.15) is 6.04 Å². The number of rotatable bonds is 7. The highest BCUT2D eigenvalue weighted by atomic mass is 35.5. The molecular formula is C21H22Cl2N2O4. The zero-order chi connectivity index (χ0) is 21.6. The number of esters is 1. The van der Waals surface area contributed by atoms with Gasteiger partial charge in [-0.25, -0.2) is 4.79 Å². The molecule has 2 N–H and O–H groups in total. The summed E-state index contributed by atoms with van der Waals surface area (Å²) in [5.41, 5.74) is 1.48. The number of ether oxygens (including phenoxy) is 1. The summed E-state index contributed by atoms with van der Waals surface area (Å²) in [6.07, 6.45) is 0. The van der Waals surface area contributed by atoms with Gasteiger partial charge in [-0.05, 0) is 41.8 Å². The fraction of sp³-hybridized carbons (Fsp3) is 0.286. The molecule has 2 amide bonds. The molecule has 0 heterocycles. The van der Waals surface area contributed by atoms with Gasteiger partial charge in [0.25, 0.3) is 5.91 Å². The normalized spacial score (nSPS) is 11.7. The average Bonchev–Trinajstić information content (AvgIpc) is 2.69. The first kappa shape index (κ1) is 22.7. The second-order valence-corrected chi connectivity index (χ2v) is 7.57. The molecule has 0 aliphatic rings. The van der Waals surface area contributed by atoms with Crippen molar-refractivity contribution in [2.24, 2.45) is 5.92 Å². The van der Waals surface area contributed by atoms with E-state index >= 15 is 0 Å². The van der Waals surface area contributed by atoms with E-state index in [-0.39, 0.29) is 29.0 Å². The minimum absolute atomic E-state index is 0.147. The van der Waals surface area contributed by atoms with Crippen molar-refractivity contribution >= 4 is 41.0 Å². The summed E-state index contributed by atoms with van der Waals surface area (Å²) in [4.78, 5) is 36.6. The smallest absolute Gasteiger partial charge is 0.337 e. The van der Waals surface area contributed by atoms with Gasteiger partial charge in [-0.3, -0.25) is 9.59 Å². The van der Waals surface area contributed by atoms with Crippen molar-refractivity contribution in [2.75, 3.05) is 7.11 Å². The molecule has 2 aromatic carbocycles. The van der Waals surface area contributed by atoms with Crippen LogP contribution < -0.4 is 10.6 Å². The number of carbonyl (C=O) groups is 3. The molecule has 8 heteroatoms. The molecule has 2 rings (SSSR count). The van der Waals surface area contributed by atoms with Gasteiger partial charge < -0.3 is 15.4 Å². The Morgan fingerprint density at radius 2 is 1.69 bits per heavy atom. The molecule has 0 unspecified atom stereocenters. The Morgan fingerprint density at radius 3 is 2.24 bits per heavy atom. The first-order valence-electron chi connectivity index (χ1n) is 8.93. The molecule has 0 aliphatic heterocycles. The van der Waals surface area contributed by atoms with Gasteiger partial charge >= 0.3 is 5.97 Å². The lowest BCUT2D eigenvalue weighted by atomic mass is 10.0. The van der Waals surface area contributed by atoms with Gasteiger partial charge in [0, 0.05) is 11.6 Å². The van der Waals surface area contributed by atoms with Crippen molar-refractivity contribution in [3.63, 3.8) is 0 Å². The lowest BCUT2D eigenvalue weighted by Gasteiger charge is -2.22. The van der Waals surface area contributed by atoms with Crippen molar-refractivity contribution in [3.05, 3.63) is 69.2 Å². The molecule has 0 aliphatic carbocycles. The van der Waals surface area contributed by atoms with E-state index in [2.05, 4.69) is 15.4 Å². The van der Waals surface area contributed by atoms with E-state index in [9.17, 15) is 14.4 Å². The predicted molar refractivity (Wildman–Crippen MR) is 112 cm³/mol. The Labute approximate surface area is 179 Å². The third kappa shape index (κ3) is 6.21. The third-order valence-electron chi connectivity index (χ3n) is 4.25. The number of benzene rings is 2. The number of methoxy groups -OCH3 is 1. The van der Waals surface area contributed by atoms with Crippen LogP contribution in [0.3, 0.4) is 0 Å². The number of carbonyl (C=O) groups excluding carboxylic acids is 3. The highest BCUT2D eigenvalue weighted by molar-refractivity contribution is 6.36. The summed E-state index contributed by atoms with van der Waals surface area (Å²) >= 11 is 11.9. The fourth-order valence-corrected chi connectivity index (χ4v) is 3.10. The molecule has 0 bridgehead atoms. The van der Waals surface area contributed by atoms with Crippen LogP contribution in [0.1, 0.15) is 40.1 Å². The first-order chi connectivity index (χ1) is 13.7. The van der Waals surface area contributed by atoms with Gasteiger partial charge in [0.15, 0.2) is 0 Å². The van der Waals surface area contributed by atoms with E-state index in [1.165, 1.54) is 19.2 Å². The third-order valence-corrected chi connectivity index (χ3v) is 4.80. The van der Waals surface area contributed by atoms with E-state index in [4.69, 9.17) is 23.2 Å². The summed E-state index contributed by atoms with van der Waals surface area (Å²) in [5, 5.41) is 6.15. The Bertz CT molecular complexity index is 898. The second kappa shape index (κ2) is 10.3. The maximum atomic E-state index is 12.6. The van der Waals surface area contributed by atoms with Gasteiger partial charge in [0.2, 0.25) is 5.91 Å². The molecule has 0 saturated carbocycles. The van der Waals surface area contributed by atoms with Gasteiger partial charge in [0.05, 0.1) is 23.3 Å². The Hall–Kier alpha value is -2.57. The Morgan fingerprint density at radius 1 is 1.03 bits per heavy atom. The number of halogens is 2. The van der Waals surface area contributed by atoms with Gasteiger partial charge in [-0.15, -0.1) is 0 Å². The highest BCUT2D eigenvalue weighted by Gasteiger charge is 2.25. The SMILES string of the molecule is COC(=O)c1ccc(CNC(=O)[C@@H](NC(=O)c2ccc(Cl)cc2Cl)C(C)C)cc1. The Balaban J connectivity index is 2.02. The molecule has 1 atom stereocenters. The molecule has 6 nitrogen and oxygen atoms in total. The maximum absolute atomic E-state index is 12.6. The minimum Gasteiger partial charge on any atom is -0.465 e. The van der Waals surface area contributed by atoms with E-state index in [0.29, 0.717) is 10.6 Å². The lowest BCUT2D eigenvalue weighted by molar-refractivity contribution is -0.124. The van der Waals surface area contributed by atoms with Crippen LogP contribution in [-0.2, 0) is 16.1 Å². The number of hydrogen-bond donors (Lipinski definition) is 2. The quantitative estimate of drug-likeness (QED) is 0.645. The van der Waals surface area contributed by atoms with Crippen LogP contribution in [0, 0.1) is 5.92 Å². The molecule has 0 saturated heterocycles. The summed E-state index contributed by atoms with van der Waals surface area (Å²) < 4.78 is 4.65. The van der Waals surface area contributed by atoms with Crippen molar-refractivity contribution in [1.82, 2.24) is 10.6 Å². The highest BCUT2D eigenvalue weighted by Crippen LogP contribution is 2.21. The van der Waals surface area contributed by atoms with Crippen LogP contribution in [0.5, 0.6) is 0 Å². The minimum atomic E-state index is -0.747. The van der Waals surface area contributed by atoms with Crippen molar-refractivity contribution in [1.29, 1.82) is 0 Å². The number of hydrogen-bond acceptors (Lipinski definition) is 4. The molecule has 0 radical (unpaired) electrons. The van der Waals surface area contributed by atoms with Crippen LogP contribution in [0.4, 0.5) is 0 Å². The molecule has 2 aromatic rings. The number of nitrogens with one attached hydrogen (secondary N) is 2.